The van der Waals surface area contributed by atoms with Gasteiger partial charge in [-0.2, -0.15) is 11.8 Å². The molecule has 0 amide bonds. The maximum absolute atomic E-state index is 4.27. The number of nitrogens with zero attached hydrogens (tertiary/aromatic N) is 1. The van der Waals surface area contributed by atoms with Crippen LogP contribution in [0.4, 0.5) is 0 Å². The van der Waals surface area contributed by atoms with Crippen LogP contribution < -0.4 is 5.32 Å². The predicted molar refractivity (Wildman–Crippen MR) is 63.8 cm³/mol. The Bertz CT molecular complexity index is 238. The van der Waals surface area contributed by atoms with Gasteiger partial charge in [0.1, 0.15) is 0 Å². The molecule has 1 atom stereocenters. The van der Waals surface area contributed by atoms with E-state index in [0.29, 0.717) is 5.25 Å². The van der Waals surface area contributed by atoms with Gasteiger partial charge in [-0.3, -0.25) is 4.98 Å². The summed E-state index contributed by atoms with van der Waals surface area (Å²) >= 11 is 1.89. The van der Waals surface area contributed by atoms with Crippen LogP contribution in [0.2, 0.25) is 0 Å². The highest BCUT2D eigenvalue weighted by atomic mass is 32.2. The van der Waals surface area contributed by atoms with E-state index in [0.717, 1.165) is 25.2 Å². The smallest absolute Gasteiger partial charge is 0.0416 e. The zero-order valence-corrected chi connectivity index (χ0v) is 9.68. The summed E-state index contributed by atoms with van der Waals surface area (Å²) in [7, 11) is 0. The fraction of sp³-hybridized carbons (Fsp3) is 0.545. The van der Waals surface area contributed by atoms with Gasteiger partial charge in [-0.1, -0.05) is 13.0 Å². The Labute approximate surface area is 90.5 Å². The van der Waals surface area contributed by atoms with Gasteiger partial charge in [0.25, 0.3) is 0 Å². The van der Waals surface area contributed by atoms with E-state index in [2.05, 4.69) is 29.5 Å². The molecule has 1 unspecified atom stereocenters. The van der Waals surface area contributed by atoms with E-state index in [9.17, 15) is 0 Å². The number of rotatable bonds is 6. The zero-order valence-electron chi connectivity index (χ0n) is 8.86. The number of thioether (sulfide) groups is 1. The monoisotopic (exact) mass is 210 g/mol. The first-order chi connectivity index (χ1) is 6.83. The lowest BCUT2D eigenvalue weighted by Crippen LogP contribution is -2.24. The van der Waals surface area contributed by atoms with Crippen molar-refractivity contribution >= 4 is 11.8 Å². The second-order valence-corrected chi connectivity index (χ2v) is 4.60. The molecule has 3 heteroatoms. The van der Waals surface area contributed by atoms with E-state index in [4.69, 9.17) is 0 Å². The molecule has 1 aromatic heterocycles. The van der Waals surface area contributed by atoms with Crippen LogP contribution in [0, 0.1) is 0 Å². The average Bonchev–Trinajstić information content (AvgIpc) is 2.25. The summed E-state index contributed by atoms with van der Waals surface area (Å²) < 4.78 is 0. The van der Waals surface area contributed by atoms with Crippen LogP contribution in [0.1, 0.15) is 12.6 Å². The lowest BCUT2D eigenvalue weighted by atomic mass is 10.3. The van der Waals surface area contributed by atoms with Crippen molar-refractivity contribution in [1.82, 2.24) is 10.3 Å². The molecule has 1 N–H and O–H groups in total. The van der Waals surface area contributed by atoms with Crippen LogP contribution in [0.5, 0.6) is 0 Å². The molecule has 0 aromatic carbocycles. The Balaban J connectivity index is 2.10. The van der Waals surface area contributed by atoms with Gasteiger partial charge in [-0.05, 0) is 18.4 Å². The van der Waals surface area contributed by atoms with Gasteiger partial charge in [0, 0.05) is 36.7 Å². The molecule has 0 aliphatic carbocycles. The Kier molecular flexibility index (Phi) is 5.64. The summed E-state index contributed by atoms with van der Waals surface area (Å²) in [4.78, 5) is 4.27. The van der Waals surface area contributed by atoms with Crippen LogP contribution in [0.25, 0.3) is 0 Å². The highest BCUT2D eigenvalue weighted by molar-refractivity contribution is 7.99. The summed E-state index contributed by atoms with van der Waals surface area (Å²) in [5.41, 5.74) is 1.16. The van der Waals surface area contributed by atoms with E-state index in [1.54, 1.807) is 0 Å². The first kappa shape index (κ1) is 11.5. The first-order valence-electron chi connectivity index (χ1n) is 4.96. The van der Waals surface area contributed by atoms with E-state index >= 15 is 0 Å². The highest BCUT2D eigenvalue weighted by Crippen LogP contribution is 2.02. The highest BCUT2D eigenvalue weighted by Gasteiger charge is 1.97. The summed E-state index contributed by atoms with van der Waals surface area (Å²) in [6.45, 7) is 4.33. The molecule has 78 valence electrons. The van der Waals surface area contributed by atoms with Gasteiger partial charge in [0.15, 0.2) is 0 Å². The summed E-state index contributed by atoms with van der Waals surface area (Å²) in [6.07, 6.45) is 5.01. The molecule has 0 aliphatic heterocycles. The third kappa shape index (κ3) is 4.63. The molecule has 14 heavy (non-hydrogen) atoms. The zero-order chi connectivity index (χ0) is 10.2. The standard InChI is InChI=1S/C11H18N2S/c1-10(14-2)9-12-8-6-11-5-3-4-7-13-11/h3-5,7,10,12H,6,8-9H2,1-2H3. The van der Waals surface area contributed by atoms with Gasteiger partial charge < -0.3 is 5.32 Å². The molecule has 0 radical (unpaired) electrons. The summed E-state index contributed by atoms with van der Waals surface area (Å²) in [5.74, 6) is 0. The summed E-state index contributed by atoms with van der Waals surface area (Å²) in [6, 6.07) is 6.05. The Morgan fingerprint density at radius 3 is 3.00 bits per heavy atom. The number of hydrogen-bond acceptors (Lipinski definition) is 3. The SMILES string of the molecule is CSC(C)CNCCc1ccccn1. The molecule has 0 fully saturated rings. The van der Waals surface area contributed by atoms with E-state index in [1.807, 2.05) is 30.1 Å². The molecular weight excluding hydrogens is 192 g/mol. The van der Waals surface area contributed by atoms with Gasteiger partial charge in [0.05, 0.1) is 0 Å². The van der Waals surface area contributed by atoms with Crippen molar-refractivity contribution in [1.29, 1.82) is 0 Å². The average molecular weight is 210 g/mol. The molecule has 2 nitrogen and oxygen atoms in total. The third-order valence-corrected chi connectivity index (χ3v) is 3.09. The van der Waals surface area contributed by atoms with Crippen molar-refractivity contribution in [3.63, 3.8) is 0 Å². The van der Waals surface area contributed by atoms with Crippen LogP contribution in [0.3, 0.4) is 0 Å². The van der Waals surface area contributed by atoms with Crippen molar-refractivity contribution in [2.24, 2.45) is 0 Å². The van der Waals surface area contributed by atoms with Crippen molar-refractivity contribution in [2.45, 2.75) is 18.6 Å². The van der Waals surface area contributed by atoms with Gasteiger partial charge in [-0.15, -0.1) is 0 Å². The Morgan fingerprint density at radius 1 is 1.50 bits per heavy atom. The minimum Gasteiger partial charge on any atom is -0.315 e. The topological polar surface area (TPSA) is 24.9 Å². The molecular formula is C11H18N2S. The third-order valence-electron chi connectivity index (χ3n) is 2.12. The van der Waals surface area contributed by atoms with Gasteiger partial charge in [-0.25, -0.2) is 0 Å². The van der Waals surface area contributed by atoms with Crippen molar-refractivity contribution in [3.05, 3.63) is 30.1 Å². The molecule has 0 bridgehead atoms. The summed E-state index contributed by atoms with van der Waals surface area (Å²) in [5, 5.41) is 4.12. The number of hydrogen-bond donors (Lipinski definition) is 1. The molecule has 0 saturated heterocycles. The van der Waals surface area contributed by atoms with E-state index < -0.39 is 0 Å². The number of pyridine rings is 1. The first-order valence-corrected chi connectivity index (χ1v) is 6.25. The minimum atomic E-state index is 0.693. The van der Waals surface area contributed by atoms with Crippen LogP contribution in [0.15, 0.2) is 24.4 Å². The van der Waals surface area contributed by atoms with E-state index in [1.165, 1.54) is 0 Å². The second-order valence-electron chi connectivity index (χ2n) is 3.32. The lowest BCUT2D eigenvalue weighted by Gasteiger charge is -2.09. The quantitative estimate of drug-likeness (QED) is 0.727. The van der Waals surface area contributed by atoms with Crippen LogP contribution in [-0.2, 0) is 6.42 Å². The lowest BCUT2D eigenvalue weighted by molar-refractivity contribution is 0.673. The van der Waals surface area contributed by atoms with Crippen molar-refractivity contribution < 1.29 is 0 Å². The normalized spacial score (nSPS) is 12.7. The van der Waals surface area contributed by atoms with Gasteiger partial charge in [0.2, 0.25) is 0 Å². The largest absolute Gasteiger partial charge is 0.315 e. The van der Waals surface area contributed by atoms with Crippen molar-refractivity contribution in [3.8, 4) is 0 Å². The Hall–Kier alpha value is -0.540. The maximum atomic E-state index is 4.27. The Morgan fingerprint density at radius 2 is 2.36 bits per heavy atom. The van der Waals surface area contributed by atoms with Gasteiger partial charge >= 0.3 is 0 Å². The molecule has 1 aromatic rings. The second kappa shape index (κ2) is 6.85. The fourth-order valence-corrected chi connectivity index (χ4v) is 1.44. The number of aromatic nitrogens is 1. The van der Waals surface area contributed by atoms with Crippen molar-refractivity contribution in [2.75, 3.05) is 19.3 Å². The number of nitrogens with one attached hydrogen (secondary N) is 1. The molecule has 0 spiro atoms. The predicted octanol–water partition coefficient (Wildman–Crippen LogP) is 1.97. The molecule has 1 heterocycles. The van der Waals surface area contributed by atoms with E-state index in [-0.39, 0.29) is 0 Å². The fourth-order valence-electron chi connectivity index (χ4n) is 1.15. The molecule has 1 rings (SSSR count). The molecule has 0 aliphatic rings. The maximum Gasteiger partial charge on any atom is 0.0416 e. The molecule has 0 saturated carbocycles. The van der Waals surface area contributed by atoms with Crippen LogP contribution >= 0.6 is 11.8 Å². The van der Waals surface area contributed by atoms with Crippen LogP contribution in [-0.4, -0.2) is 29.6 Å². The minimum absolute atomic E-state index is 0.693.